The van der Waals surface area contributed by atoms with Crippen LogP contribution in [0.4, 0.5) is 5.69 Å². The number of ether oxygens (including phenoxy) is 4. The number of fused-ring (bicyclic) bond motifs is 2. The van der Waals surface area contributed by atoms with Gasteiger partial charge in [-0.3, -0.25) is 9.59 Å². The van der Waals surface area contributed by atoms with Gasteiger partial charge in [0.15, 0.2) is 23.0 Å². The topological polar surface area (TPSA) is 98.9 Å². The van der Waals surface area contributed by atoms with Gasteiger partial charge in [-0.15, -0.1) is 0 Å². The molecule has 144 valence electrons. The molecule has 2 aromatic carbocycles. The van der Waals surface area contributed by atoms with Gasteiger partial charge in [-0.1, -0.05) is 0 Å². The molecule has 0 saturated carbocycles. The second-order valence-corrected chi connectivity index (χ2v) is 6.03. The quantitative estimate of drug-likeness (QED) is 0.704. The predicted octanol–water partition coefficient (Wildman–Crippen LogP) is 2.92. The van der Waals surface area contributed by atoms with Crippen LogP contribution in [-0.2, 0) is 0 Å². The normalized spacial score (nSPS) is 12.1. The largest absolute Gasteiger partial charge is 0.493 e. The van der Waals surface area contributed by atoms with Crippen LogP contribution in [0.3, 0.4) is 0 Å². The summed E-state index contributed by atoms with van der Waals surface area (Å²) in [5.74, 6) is 1.55. The third-order valence-corrected chi connectivity index (χ3v) is 4.32. The molecule has 0 aliphatic carbocycles. The molecule has 1 aromatic heterocycles. The standard InChI is InChI=1S/C20H18N2O6/c1-3-26-18-15(25-2)6-4-11-8-13(20(24)22-17(11)18)19(23)21-12-5-7-14-16(9-12)28-10-27-14/h4-9H,3,10H2,1-2H3,(H,21,23)(H,22,24). The summed E-state index contributed by atoms with van der Waals surface area (Å²) >= 11 is 0. The average Bonchev–Trinajstić information content (AvgIpc) is 3.16. The van der Waals surface area contributed by atoms with Crippen LogP contribution in [0.15, 0.2) is 41.2 Å². The number of carbonyl (C=O) groups excluding carboxylic acids is 1. The van der Waals surface area contributed by atoms with Crippen molar-refractivity contribution in [2.75, 3.05) is 25.8 Å². The fraction of sp³-hybridized carbons (Fsp3) is 0.200. The third-order valence-electron chi connectivity index (χ3n) is 4.32. The zero-order valence-corrected chi connectivity index (χ0v) is 15.3. The lowest BCUT2D eigenvalue weighted by molar-refractivity contribution is 0.102. The van der Waals surface area contributed by atoms with Crippen molar-refractivity contribution in [2.24, 2.45) is 0 Å². The minimum absolute atomic E-state index is 0.0159. The van der Waals surface area contributed by atoms with Crippen molar-refractivity contribution in [3.63, 3.8) is 0 Å². The Labute approximate surface area is 160 Å². The number of nitrogens with one attached hydrogen (secondary N) is 2. The number of amides is 1. The van der Waals surface area contributed by atoms with Crippen molar-refractivity contribution >= 4 is 22.5 Å². The van der Waals surface area contributed by atoms with Crippen molar-refractivity contribution in [1.29, 1.82) is 0 Å². The van der Waals surface area contributed by atoms with Gasteiger partial charge in [0, 0.05) is 17.1 Å². The molecule has 2 heterocycles. The Bertz CT molecular complexity index is 1120. The summed E-state index contributed by atoms with van der Waals surface area (Å²) in [5, 5.41) is 3.36. The van der Waals surface area contributed by atoms with Gasteiger partial charge in [-0.05, 0) is 37.3 Å². The number of H-pyrrole nitrogens is 1. The smallest absolute Gasteiger partial charge is 0.261 e. The molecule has 8 heteroatoms. The summed E-state index contributed by atoms with van der Waals surface area (Å²) in [6, 6.07) is 10.0. The Hall–Kier alpha value is -3.68. The Morgan fingerprint density at radius 3 is 2.79 bits per heavy atom. The van der Waals surface area contributed by atoms with Crippen LogP contribution >= 0.6 is 0 Å². The van der Waals surface area contributed by atoms with Crippen LogP contribution in [0.25, 0.3) is 10.9 Å². The van der Waals surface area contributed by atoms with Gasteiger partial charge in [0.25, 0.3) is 11.5 Å². The second-order valence-electron chi connectivity index (χ2n) is 6.03. The first-order valence-corrected chi connectivity index (χ1v) is 8.68. The lowest BCUT2D eigenvalue weighted by Gasteiger charge is -2.13. The van der Waals surface area contributed by atoms with Crippen LogP contribution in [0, 0.1) is 0 Å². The molecule has 0 radical (unpaired) electrons. The molecule has 4 rings (SSSR count). The highest BCUT2D eigenvalue weighted by atomic mass is 16.7. The summed E-state index contributed by atoms with van der Waals surface area (Å²) in [6.07, 6.45) is 0. The SMILES string of the molecule is CCOc1c(OC)ccc2cc(C(=O)Nc3ccc4c(c3)OCO4)c(=O)[nH]c12. The van der Waals surface area contributed by atoms with E-state index in [9.17, 15) is 9.59 Å². The number of benzene rings is 2. The average molecular weight is 382 g/mol. The first-order valence-electron chi connectivity index (χ1n) is 8.68. The highest BCUT2D eigenvalue weighted by Gasteiger charge is 2.18. The van der Waals surface area contributed by atoms with Crippen LogP contribution < -0.4 is 29.8 Å². The van der Waals surface area contributed by atoms with E-state index in [0.29, 0.717) is 46.2 Å². The van der Waals surface area contributed by atoms with Crippen molar-refractivity contribution < 1.29 is 23.7 Å². The lowest BCUT2D eigenvalue weighted by atomic mass is 10.1. The fourth-order valence-electron chi connectivity index (χ4n) is 3.02. The van der Waals surface area contributed by atoms with Crippen LogP contribution in [0.1, 0.15) is 17.3 Å². The fourth-order valence-corrected chi connectivity index (χ4v) is 3.02. The molecule has 0 unspecified atom stereocenters. The maximum atomic E-state index is 12.7. The summed E-state index contributed by atoms with van der Waals surface area (Å²) < 4.78 is 21.5. The van der Waals surface area contributed by atoms with Gasteiger partial charge in [-0.2, -0.15) is 0 Å². The molecule has 28 heavy (non-hydrogen) atoms. The molecule has 8 nitrogen and oxygen atoms in total. The maximum absolute atomic E-state index is 12.7. The molecule has 2 N–H and O–H groups in total. The Morgan fingerprint density at radius 1 is 1.18 bits per heavy atom. The van der Waals surface area contributed by atoms with Crippen LogP contribution in [0.5, 0.6) is 23.0 Å². The molecular weight excluding hydrogens is 364 g/mol. The van der Waals surface area contributed by atoms with E-state index in [0.717, 1.165) is 0 Å². The minimum atomic E-state index is -0.532. The molecule has 0 fully saturated rings. The van der Waals surface area contributed by atoms with Crippen molar-refractivity contribution in [3.05, 3.63) is 52.3 Å². The summed E-state index contributed by atoms with van der Waals surface area (Å²) in [6.45, 7) is 2.39. The highest BCUT2D eigenvalue weighted by Crippen LogP contribution is 2.35. The molecule has 0 saturated heterocycles. The van der Waals surface area contributed by atoms with Crippen LogP contribution in [-0.4, -0.2) is 31.4 Å². The van der Waals surface area contributed by atoms with E-state index in [1.807, 2.05) is 6.92 Å². The molecule has 1 aliphatic heterocycles. The van der Waals surface area contributed by atoms with E-state index in [4.69, 9.17) is 18.9 Å². The number of hydrogen-bond acceptors (Lipinski definition) is 6. The summed E-state index contributed by atoms with van der Waals surface area (Å²) in [5.41, 5.74) is 0.432. The minimum Gasteiger partial charge on any atom is -0.493 e. The number of rotatable bonds is 5. The molecule has 1 amide bonds. The molecule has 0 spiro atoms. The number of methoxy groups -OCH3 is 1. The van der Waals surface area contributed by atoms with E-state index in [1.54, 1.807) is 30.3 Å². The number of aromatic amines is 1. The van der Waals surface area contributed by atoms with Crippen LogP contribution in [0.2, 0.25) is 0 Å². The molecule has 3 aromatic rings. The first-order chi connectivity index (χ1) is 13.6. The number of carbonyl (C=O) groups is 1. The van der Waals surface area contributed by atoms with Gasteiger partial charge in [-0.25, -0.2) is 0 Å². The van der Waals surface area contributed by atoms with Gasteiger partial charge in [0.2, 0.25) is 6.79 Å². The molecular formula is C20H18N2O6. The molecule has 1 aliphatic rings. The maximum Gasteiger partial charge on any atom is 0.261 e. The number of pyridine rings is 1. The molecule has 0 bridgehead atoms. The lowest BCUT2D eigenvalue weighted by Crippen LogP contribution is -2.23. The van der Waals surface area contributed by atoms with Crippen molar-refractivity contribution in [3.8, 4) is 23.0 Å². The van der Waals surface area contributed by atoms with Gasteiger partial charge < -0.3 is 29.2 Å². The monoisotopic (exact) mass is 382 g/mol. The number of hydrogen-bond donors (Lipinski definition) is 2. The first kappa shape index (κ1) is 17.7. The van der Waals surface area contributed by atoms with Crippen molar-refractivity contribution in [2.45, 2.75) is 6.92 Å². The second kappa shape index (κ2) is 7.15. The van der Waals surface area contributed by atoms with E-state index in [2.05, 4.69) is 10.3 Å². The Kier molecular flexibility index (Phi) is 4.52. The van der Waals surface area contributed by atoms with E-state index < -0.39 is 11.5 Å². The molecule has 0 atom stereocenters. The third kappa shape index (κ3) is 3.09. The number of anilines is 1. The van der Waals surface area contributed by atoms with Gasteiger partial charge in [0.1, 0.15) is 5.56 Å². The zero-order valence-electron chi connectivity index (χ0n) is 15.3. The predicted molar refractivity (Wildman–Crippen MR) is 103 cm³/mol. The Balaban J connectivity index is 1.69. The van der Waals surface area contributed by atoms with Gasteiger partial charge >= 0.3 is 0 Å². The number of aromatic nitrogens is 1. The highest BCUT2D eigenvalue weighted by molar-refractivity contribution is 6.06. The van der Waals surface area contributed by atoms with Gasteiger partial charge in [0.05, 0.1) is 19.2 Å². The Morgan fingerprint density at radius 2 is 2.00 bits per heavy atom. The zero-order chi connectivity index (χ0) is 19.7. The summed E-state index contributed by atoms with van der Waals surface area (Å²) in [7, 11) is 1.52. The summed E-state index contributed by atoms with van der Waals surface area (Å²) in [4.78, 5) is 27.9. The van der Waals surface area contributed by atoms with E-state index in [1.165, 1.54) is 13.2 Å². The van der Waals surface area contributed by atoms with E-state index in [-0.39, 0.29) is 12.4 Å². The van der Waals surface area contributed by atoms with Crippen molar-refractivity contribution in [1.82, 2.24) is 4.98 Å². The van der Waals surface area contributed by atoms with E-state index >= 15 is 0 Å².